The number of benzene rings is 2. The van der Waals surface area contributed by atoms with E-state index >= 15 is 0 Å². The fraction of sp³-hybridized carbons (Fsp3) is 0.350. The molecule has 0 aromatic heterocycles. The first-order chi connectivity index (χ1) is 11.1. The van der Waals surface area contributed by atoms with Crippen LogP contribution in [-0.4, -0.2) is 24.0 Å². The summed E-state index contributed by atoms with van der Waals surface area (Å²) in [4.78, 5) is 14.9. The number of rotatable bonds is 6. The van der Waals surface area contributed by atoms with Gasteiger partial charge in [0.25, 0.3) is 5.91 Å². The molecular formula is C20H25NO2. The first-order valence-electron chi connectivity index (χ1n) is 8.06. The molecule has 0 fully saturated rings. The lowest BCUT2D eigenvalue weighted by Gasteiger charge is -2.29. The van der Waals surface area contributed by atoms with Crippen LogP contribution in [0.3, 0.4) is 0 Å². The molecule has 0 aliphatic carbocycles. The smallest absolute Gasteiger partial charge is 0.254 e. The van der Waals surface area contributed by atoms with Gasteiger partial charge >= 0.3 is 0 Å². The Bertz CT molecular complexity index is 652. The Hall–Kier alpha value is -2.29. The van der Waals surface area contributed by atoms with Crippen LogP contribution in [-0.2, 0) is 6.54 Å². The fourth-order valence-electron chi connectivity index (χ4n) is 2.55. The third-order valence-corrected chi connectivity index (χ3v) is 4.23. The lowest BCUT2D eigenvalue weighted by molar-refractivity contribution is 0.0671. The van der Waals surface area contributed by atoms with Crippen molar-refractivity contribution in [1.82, 2.24) is 4.90 Å². The first-order valence-corrected chi connectivity index (χ1v) is 8.06. The Balaban J connectivity index is 2.29. The van der Waals surface area contributed by atoms with Gasteiger partial charge in [0, 0.05) is 18.2 Å². The molecule has 23 heavy (non-hydrogen) atoms. The van der Waals surface area contributed by atoms with Crippen molar-refractivity contribution in [3.8, 4) is 5.75 Å². The van der Waals surface area contributed by atoms with Crippen molar-refractivity contribution in [2.75, 3.05) is 7.11 Å². The van der Waals surface area contributed by atoms with Crippen molar-refractivity contribution in [2.24, 2.45) is 0 Å². The molecule has 0 saturated carbocycles. The number of hydrogen-bond acceptors (Lipinski definition) is 2. The van der Waals surface area contributed by atoms with Crippen LogP contribution in [0.15, 0.2) is 48.5 Å². The van der Waals surface area contributed by atoms with Gasteiger partial charge in [0.15, 0.2) is 0 Å². The molecule has 1 atom stereocenters. The minimum Gasteiger partial charge on any atom is -0.496 e. The van der Waals surface area contributed by atoms with Gasteiger partial charge in [-0.25, -0.2) is 0 Å². The minimum atomic E-state index is 0.0431. The standard InChI is InChI=1S/C20H25NO2/c1-5-16(3)21(14-17-9-7-6-8-10-17)20(22)18-12-11-15(2)19(13-18)23-4/h6-13,16H,5,14H2,1-4H3. The Morgan fingerprint density at radius 3 is 2.48 bits per heavy atom. The summed E-state index contributed by atoms with van der Waals surface area (Å²) in [5, 5.41) is 0. The van der Waals surface area contributed by atoms with E-state index in [1.165, 1.54) is 0 Å². The molecule has 122 valence electrons. The first kappa shape index (κ1) is 17.1. The minimum absolute atomic E-state index is 0.0431. The second kappa shape index (κ2) is 7.82. The highest BCUT2D eigenvalue weighted by atomic mass is 16.5. The molecule has 0 aliphatic heterocycles. The predicted molar refractivity (Wildman–Crippen MR) is 93.8 cm³/mol. The maximum atomic E-state index is 13.0. The molecule has 0 bridgehead atoms. The zero-order chi connectivity index (χ0) is 16.8. The summed E-state index contributed by atoms with van der Waals surface area (Å²) in [6, 6.07) is 15.9. The van der Waals surface area contributed by atoms with Gasteiger partial charge in [0.2, 0.25) is 0 Å². The number of methoxy groups -OCH3 is 1. The van der Waals surface area contributed by atoms with Crippen molar-refractivity contribution in [1.29, 1.82) is 0 Å². The third kappa shape index (κ3) is 4.13. The molecule has 2 aromatic carbocycles. The molecule has 2 aromatic rings. The fourth-order valence-corrected chi connectivity index (χ4v) is 2.55. The van der Waals surface area contributed by atoms with Crippen LogP contribution in [0.4, 0.5) is 0 Å². The van der Waals surface area contributed by atoms with E-state index in [1.807, 2.05) is 48.2 Å². The highest BCUT2D eigenvalue weighted by molar-refractivity contribution is 5.95. The number of ether oxygens (including phenoxy) is 1. The molecule has 0 N–H and O–H groups in total. The summed E-state index contributed by atoms with van der Waals surface area (Å²) in [6.45, 7) is 6.78. The van der Waals surface area contributed by atoms with Crippen LogP contribution >= 0.6 is 0 Å². The largest absolute Gasteiger partial charge is 0.496 e. The van der Waals surface area contributed by atoms with Crippen molar-refractivity contribution < 1.29 is 9.53 Å². The van der Waals surface area contributed by atoms with E-state index in [4.69, 9.17) is 4.74 Å². The van der Waals surface area contributed by atoms with Gasteiger partial charge in [-0.1, -0.05) is 43.3 Å². The van der Waals surface area contributed by atoms with Crippen molar-refractivity contribution >= 4 is 5.91 Å². The highest BCUT2D eigenvalue weighted by Gasteiger charge is 2.21. The van der Waals surface area contributed by atoms with Gasteiger partial charge in [0.1, 0.15) is 5.75 Å². The van der Waals surface area contributed by atoms with E-state index in [1.54, 1.807) is 7.11 Å². The molecule has 0 saturated heterocycles. The van der Waals surface area contributed by atoms with E-state index in [9.17, 15) is 4.79 Å². The van der Waals surface area contributed by atoms with Crippen molar-refractivity contribution in [3.05, 3.63) is 65.2 Å². The number of nitrogens with zero attached hydrogens (tertiary/aromatic N) is 1. The Labute approximate surface area is 138 Å². The summed E-state index contributed by atoms with van der Waals surface area (Å²) >= 11 is 0. The van der Waals surface area contributed by atoms with Crippen LogP contribution < -0.4 is 4.74 Å². The second-order valence-electron chi connectivity index (χ2n) is 5.86. The van der Waals surface area contributed by atoms with Crippen LogP contribution in [0.5, 0.6) is 5.75 Å². The van der Waals surface area contributed by atoms with E-state index < -0.39 is 0 Å². The normalized spacial score (nSPS) is 11.8. The quantitative estimate of drug-likeness (QED) is 0.789. The molecule has 0 aliphatic rings. The molecule has 1 unspecified atom stereocenters. The zero-order valence-electron chi connectivity index (χ0n) is 14.4. The van der Waals surface area contributed by atoms with Crippen LogP contribution in [0.1, 0.15) is 41.8 Å². The number of carbonyl (C=O) groups excluding carboxylic acids is 1. The maximum absolute atomic E-state index is 13.0. The zero-order valence-corrected chi connectivity index (χ0v) is 14.4. The SMILES string of the molecule is CCC(C)N(Cc1ccccc1)C(=O)c1ccc(C)c(OC)c1. The van der Waals surface area contributed by atoms with Crippen LogP contribution in [0.2, 0.25) is 0 Å². The topological polar surface area (TPSA) is 29.5 Å². The average Bonchev–Trinajstić information content (AvgIpc) is 2.59. The Morgan fingerprint density at radius 2 is 1.87 bits per heavy atom. The average molecular weight is 311 g/mol. The van der Waals surface area contributed by atoms with Gasteiger partial charge in [-0.15, -0.1) is 0 Å². The Morgan fingerprint density at radius 1 is 1.17 bits per heavy atom. The van der Waals surface area contributed by atoms with Gasteiger partial charge in [0.05, 0.1) is 7.11 Å². The maximum Gasteiger partial charge on any atom is 0.254 e. The Kier molecular flexibility index (Phi) is 5.80. The molecule has 1 amide bonds. The third-order valence-electron chi connectivity index (χ3n) is 4.23. The highest BCUT2D eigenvalue weighted by Crippen LogP contribution is 2.22. The van der Waals surface area contributed by atoms with E-state index in [0.717, 1.165) is 23.3 Å². The molecule has 0 radical (unpaired) electrons. The van der Waals surface area contributed by atoms with Gasteiger partial charge < -0.3 is 9.64 Å². The van der Waals surface area contributed by atoms with E-state index in [-0.39, 0.29) is 11.9 Å². The van der Waals surface area contributed by atoms with Crippen molar-refractivity contribution in [2.45, 2.75) is 39.8 Å². The van der Waals surface area contributed by atoms with Crippen molar-refractivity contribution in [3.63, 3.8) is 0 Å². The molecule has 0 heterocycles. The monoisotopic (exact) mass is 311 g/mol. The predicted octanol–water partition coefficient (Wildman–Crippen LogP) is 4.44. The molecule has 3 nitrogen and oxygen atoms in total. The molecule has 2 rings (SSSR count). The summed E-state index contributed by atoms with van der Waals surface area (Å²) in [5.41, 5.74) is 2.84. The van der Waals surface area contributed by atoms with Crippen LogP contribution in [0, 0.1) is 6.92 Å². The molecule has 0 spiro atoms. The number of carbonyl (C=O) groups is 1. The number of aryl methyl sites for hydroxylation is 1. The van der Waals surface area contributed by atoms with Gasteiger partial charge in [-0.3, -0.25) is 4.79 Å². The van der Waals surface area contributed by atoms with Gasteiger partial charge in [-0.05, 0) is 43.5 Å². The van der Waals surface area contributed by atoms with E-state index in [0.29, 0.717) is 12.1 Å². The lowest BCUT2D eigenvalue weighted by Crippen LogP contribution is -2.37. The second-order valence-corrected chi connectivity index (χ2v) is 5.86. The number of hydrogen-bond donors (Lipinski definition) is 0. The summed E-state index contributed by atoms with van der Waals surface area (Å²) in [5.74, 6) is 0.793. The lowest BCUT2D eigenvalue weighted by atomic mass is 10.1. The molecular weight excluding hydrogens is 286 g/mol. The van der Waals surface area contributed by atoms with E-state index in [2.05, 4.69) is 26.0 Å². The van der Waals surface area contributed by atoms with Crippen LogP contribution in [0.25, 0.3) is 0 Å². The number of amides is 1. The summed E-state index contributed by atoms with van der Waals surface area (Å²) in [6.07, 6.45) is 0.918. The van der Waals surface area contributed by atoms with Gasteiger partial charge in [-0.2, -0.15) is 0 Å². The summed E-state index contributed by atoms with van der Waals surface area (Å²) < 4.78 is 5.35. The summed E-state index contributed by atoms with van der Waals surface area (Å²) in [7, 11) is 1.63. The molecule has 3 heteroatoms.